The topological polar surface area (TPSA) is 54.9 Å². The molecule has 0 saturated carbocycles. The Bertz CT molecular complexity index is 1090. The molecule has 146 valence electrons. The zero-order valence-electron chi connectivity index (χ0n) is 15.6. The normalized spacial score (nSPS) is 19.8. The second-order valence-electron chi connectivity index (χ2n) is 7.52. The molecule has 1 aliphatic heterocycles. The average Bonchev–Trinajstić information content (AvgIpc) is 2.66. The zero-order chi connectivity index (χ0) is 19.8. The van der Waals surface area contributed by atoms with Crippen molar-refractivity contribution in [2.24, 2.45) is 0 Å². The Balaban J connectivity index is 1.82. The van der Waals surface area contributed by atoms with Gasteiger partial charge in [0.2, 0.25) is 5.43 Å². The van der Waals surface area contributed by atoms with E-state index >= 15 is 0 Å². The summed E-state index contributed by atoms with van der Waals surface area (Å²) in [5.74, 6) is 0.165. The molecule has 6 heteroatoms. The first-order valence-corrected chi connectivity index (χ1v) is 10.3. The molecular weight excluding hydrogens is 397 g/mol. The molecule has 1 aliphatic rings. The Hall–Kier alpha value is -2.01. The van der Waals surface area contributed by atoms with Crippen molar-refractivity contribution < 1.29 is 14.4 Å². The monoisotopic (exact) mass is 418 g/mol. The molecule has 0 aliphatic carbocycles. The van der Waals surface area contributed by atoms with Gasteiger partial charge in [0.25, 0.3) is 0 Å². The van der Waals surface area contributed by atoms with Gasteiger partial charge >= 0.3 is 0 Å². The van der Waals surface area contributed by atoms with Gasteiger partial charge in [-0.25, -0.2) is 0 Å². The first-order valence-electron chi connectivity index (χ1n) is 9.52. The Kier molecular flexibility index (Phi) is 5.37. The molecule has 4 nitrogen and oxygen atoms in total. The molecule has 0 radical (unpaired) electrons. The highest BCUT2D eigenvalue weighted by molar-refractivity contribution is 6.36. The zero-order valence-corrected chi connectivity index (χ0v) is 17.1. The van der Waals surface area contributed by atoms with E-state index in [-0.39, 0.29) is 11.2 Å². The van der Waals surface area contributed by atoms with Gasteiger partial charge in [0, 0.05) is 10.6 Å². The van der Waals surface area contributed by atoms with Gasteiger partial charge < -0.3 is 14.4 Å². The largest absolute Gasteiger partial charge is 0.507 e. The van der Waals surface area contributed by atoms with Crippen LogP contribution < -0.4 is 10.3 Å². The maximum absolute atomic E-state index is 13.1. The molecule has 1 saturated heterocycles. The maximum Gasteiger partial charge on any atom is 0.200 e. The van der Waals surface area contributed by atoms with Crippen LogP contribution in [0.3, 0.4) is 0 Å². The highest BCUT2D eigenvalue weighted by atomic mass is 35.5. The number of aromatic hydroxyl groups is 1. The number of halogens is 2. The summed E-state index contributed by atoms with van der Waals surface area (Å²) in [5, 5.41) is 11.8. The van der Waals surface area contributed by atoms with Gasteiger partial charge in [-0.3, -0.25) is 4.79 Å². The molecular formula is C22H22Cl2NO3+. The summed E-state index contributed by atoms with van der Waals surface area (Å²) in [7, 11) is 0. The molecule has 2 atom stereocenters. The Morgan fingerprint density at radius 3 is 2.75 bits per heavy atom. The number of hydrogen-bond donors (Lipinski definition) is 2. The number of nitrogens with one attached hydrogen (secondary N) is 1. The van der Waals surface area contributed by atoms with E-state index in [0.29, 0.717) is 50.3 Å². The average molecular weight is 419 g/mol. The van der Waals surface area contributed by atoms with Crippen molar-refractivity contribution >= 4 is 34.2 Å². The highest BCUT2D eigenvalue weighted by Gasteiger charge is 2.25. The minimum absolute atomic E-state index is 0.165. The minimum atomic E-state index is -0.173. The van der Waals surface area contributed by atoms with Crippen LogP contribution in [0.5, 0.6) is 5.75 Å². The summed E-state index contributed by atoms with van der Waals surface area (Å²) in [6, 6.07) is 8.71. The van der Waals surface area contributed by atoms with E-state index in [9.17, 15) is 9.90 Å². The molecule has 2 heterocycles. The van der Waals surface area contributed by atoms with Gasteiger partial charge in [-0.1, -0.05) is 29.3 Å². The first kappa shape index (κ1) is 19.3. The van der Waals surface area contributed by atoms with Crippen LogP contribution >= 0.6 is 23.2 Å². The SMILES string of the molecule is C[C@H]1CCCC[NH+]1Cc1c(O)ccc2c(=O)c(-c3ccc(Cl)cc3Cl)coc12. The van der Waals surface area contributed by atoms with Gasteiger partial charge in [0.15, 0.2) is 0 Å². The fourth-order valence-corrected chi connectivity index (χ4v) is 4.56. The van der Waals surface area contributed by atoms with Crippen molar-refractivity contribution in [2.75, 3.05) is 6.54 Å². The molecule has 1 fully saturated rings. The standard InChI is InChI=1S/C22H21Cl2NO3/c1-13-4-2-3-9-25(13)11-17-20(26)8-7-16-21(27)18(12-28-22(16)17)15-6-5-14(23)10-19(15)24/h5-8,10,12-13,26H,2-4,9,11H2,1H3/p+1/t13-/m0/s1. The second-order valence-corrected chi connectivity index (χ2v) is 8.37. The quantitative estimate of drug-likeness (QED) is 0.661. The molecule has 1 aromatic heterocycles. The predicted molar refractivity (Wildman–Crippen MR) is 112 cm³/mol. The van der Waals surface area contributed by atoms with Gasteiger partial charge in [0.05, 0.1) is 34.1 Å². The lowest BCUT2D eigenvalue weighted by Gasteiger charge is -2.30. The van der Waals surface area contributed by atoms with Crippen molar-refractivity contribution in [3.05, 3.63) is 62.4 Å². The van der Waals surface area contributed by atoms with Crippen molar-refractivity contribution in [1.82, 2.24) is 0 Å². The number of quaternary nitrogens is 1. The third-order valence-corrected chi connectivity index (χ3v) is 6.27. The Labute approximate surface area is 173 Å². The fraction of sp³-hybridized carbons (Fsp3) is 0.318. The van der Waals surface area contributed by atoms with E-state index in [0.717, 1.165) is 6.54 Å². The van der Waals surface area contributed by atoms with Crippen molar-refractivity contribution in [2.45, 2.75) is 38.8 Å². The van der Waals surface area contributed by atoms with E-state index in [1.165, 1.54) is 30.4 Å². The first-order chi connectivity index (χ1) is 13.5. The van der Waals surface area contributed by atoms with Crippen LogP contribution in [0, 0.1) is 0 Å². The summed E-state index contributed by atoms with van der Waals surface area (Å²) in [4.78, 5) is 14.6. The van der Waals surface area contributed by atoms with E-state index < -0.39 is 0 Å². The minimum Gasteiger partial charge on any atom is -0.507 e. The van der Waals surface area contributed by atoms with Crippen LogP contribution in [0.15, 0.2) is 45.8 Å². The summed E-state index contributed by atoms with van der Waals surface area (Å²) in [5.41, 5.74) is 1.92. The molecule has 0 spiro atoms. The second kappa shape index (κ2) is 7.78. The van der Waals surface area contributed by atoms with E-state index in [1.54, 1.807) is 30.3 Å². The lowest BCUT2D eigenvalue weighted by Crippen LogP contribution is -3.14. The third kappa shape index (κ3) is 3.52. The number of phenols is 1. The van der Waals surface area contributed by atoms with Gasteiger partial charge in [-0.2, -0.15) is 0 Å². The molecule has 3 aromatic rings. The van der Waals surface area contributed by atoms with Gasteiger partial charge in [0.1, 0.15) is 24.1 Å². The summed E-state index contributed by atoms with van der Waals surface area (Å²) in [6.45, 7) is 3.92. The smallest absolute Gasteiger partial charge is 0.200 e. The molecule has 28 heavy (non-hydrogen) atoms. The summed E-state index contributed by atoms with van der Waals surface area (Å²) >= 11 is 12.2. The summed E-state index contributed by atoms with van der Waals surface area (Å²) < 4.78 is 5.89. The van der Waals surface area contributed by atoms with Crippen LogP contribution in [0.4, 0.5) is 0 Å². The van der Waals surface area contributed by atoms with E-state index in [4.69, 9.17) is 27.6 Å². The van der Waals surface area contributed by atoms with Gasteiger partial charge in [-0.05, 0) is 50.5 Å². The number of piperidine rings is 1. The van der Waals surface area contributed by atoms with E-state index in [1.807, 2.05) is 0 Å². The van der Waals surface area contributed by atoms with Crippen LogP contribution in [0.1, 0.15) is 31.7 Å². The Morgan fingerprint density at radius 1 is 1.18 bits per heavy atom. The van der Waals surface area contributed by atoms with Crippen LogP contribution in [0.25, 0.3) is 22.1 Å². The molecule has 1 unspecified atom stereocenters. The molecule has 0 amide bonds. The number of likely N-dealkylation sites (tertiary alicyclic amines) is 1. The van der Waals surface area contributed by atoms with Crippen molar-refractivity contribution in [1.29, 1.82) is 0 Å². The van der Waals surface area contributed by atoms with Crippen LogP contribution in [-0.4, -0.2) is 17.7 Å². The number of fused-ring (bicyclic) bond motifs is 1. The third-order valence-electron chi connectivity index (χ3n) is 5.73. The molecule has 2 N–H and O–H groups in total. The molecule has 2 aromatic carbocycles. The predicted octanol–water partition coefficient (Wildman–Crippen LogP) is 4.43. The maximum atomic E-state index is 13.1. The fourth-order valence-electron chi connectivity index (χ4n) is 4.05. The Morgan fingerprint density at radius 2 is 2.00 bits per heavy atom. The van der Waals surface area contributed by atoms with Gasteiger partial charge in [-0.15, -0.1) is 0 Å². The number of phenolic OH excluding ortho intramolecular Hbond substituents is 1. The van der Waals surface area contributed by atoms with Crippen molar-refractivity contribution in [3.63, 3.8) is 0 Å². The summed E-state index contributed by atoms with van der Waals surface area (Å²) in [6.07, 6.45) is 5.02. The van der Waals surface area contributed by atoms with E-state index in [2.05, 4.69) is 6.92 Å². The van der Waals surface area contributed by atoms with Crippen LogP contribution in [-0.2, 0) is 6.54 Å². The van der Waals surface area contributed by atoms with Crippen molar-refractivity contribution in [3.8, 4) is 16.9 Å². The number of benzene rings is 2. The number of hydrogen-bond acceptors (Lipinski definition) is 3. The van der Waals surface area contributed by atoms with Crippen LogP contribution in [0.2, 0.25) is 10.0 Å². The lowest BCUT2D eigenvalue weighted by molar-refractivity contribution is -0.941. The molecule has 0 bridgehead atoms. The molecule has 4 rings (SSSR count). The number of rotatable bonds is 3. The highest BCUT2D eigenvalue weighted by Crippen LogP contribution is 2.31. The lowest BCUT2D eigenvalue weighted by atomic mass is 10.0.